The van der Waals surface area contributed by atoms with Crippen LogP contribution in [-0.2, 0) is 37.5 Å². The molecule has 0 aromatic heterocycles. The molecule has 0 radical (unpaired) electrons. The van der Waals surface area contributed by atoms with Gasteiger partial charge >= 0.3 is 25.7 Å². The second-order valence-electron chi connectivity index (χ2n) is 14.5. The second kappa shape index (κ2) is 38.6. The Morgan fingerprint density at radius 3 is 1.47 bits per heavy atom. The van der Waals surface area contributed by atoms with Crippen molar-refractivity contribution >= 4 is 25.7 Å². The first-order chi connectivity index (χ1) is 26.6. The van der Waals surface area contributed by atoms with Gasteiger partial charge in [0.05, 0.1) is 13.2 Å². The summed E-state index contributed by atoms with van der Waals surface area (Å²) in [4.78, 5) is 45.9. The van der Waals surface area contributed by atoms with Crippen molar-refractivity contribution in [3.63, 3.8) is 0 Å². The van der Waals surface area contributed by atoms with E-state index in [0.29, 0.717) is 12.8 Å². The minimum absolute atomic E-state index is 0.159. The number of hydrogen-bond donors (Lipinski definition) is 3. The minimum Gasteiger partial charge on any atom is -0.480 e. The van der Waals surface area contributed by atoms with Crippen molar-refractivity contribution in [1.29, 1.82) is 0 Å². The molecule has 55 heavy (non-hydrogen) atoms. The molecule has 0 aromatic rings. The fourth-order valence-electron chi connectivity index (χ4n) is 5.72. The number of carboxylic acid groups (broad SMARTS) is 1. The van der Waals surface area contributed by atoms with Crippen molar-refractivity contribution in [2.45, 2.75) is 199 Å². The summed E-state index contributed by atoms with van der Waals surface area (Å²) in [7, 11) is -4.72. The molecule has 3 atom stereocenters. The standard InChI is InChI=1S/C43H78NO10P/c1-3-5-7-9-11-13-15-17-19-20-21-23-24-26-28-30-32-34-41(45)51-36-39(37-52-55(49,50)53-38-40(44)43(47)48)54-42(46)35-33-31-29-27-25-22-18-16-14-12-10-8-6-4-2/h11,13,17,19,21,23,39-40H,3-10,12,14-16,18,20,22,24-38,44H2,1-2H3,(H,47,48)(H,49,50)/b13-11-,19-17-,23-21-/t39-,40+/m1/s1. The molecule has 0 amide bonds. The van der Waals surface area contributed by atoms with Gasteiger partial charge in [-0.05, 0) is 51.4 Å². The summed E-state index contributed by atoms with van der Waals surface area (Å²) in [6.45, 7) is 2.75. The van der Waals surface area contributed by atoms with E-state index in [4.69, 9.17) is 24.8 Å². The molecular formula is C43H78NO10P. The molecule has 4 N–H and O–H groups in total. The molecule has 0 aromatic carbocycles. The molecule has 0 bridgehead atoms. The predicted molar refractivity (Wildman–Crippen MR) is 222 cm³/mol. The van der Waals surface area contributed by atoms with Crippen LogP contribution in [0.3, 0.4) is 0 Å². The van der Waals surface area contributed by atoms with Gasteiger partial charge in [-0.15, -0.1) is 0 Å². The molecule has 0 saturated heterocycles. The third-order valence-electron chi connectivity index (χ3n) is 9.14. The van der Waals surface area contributed by atoms with Gasteiger partial charge in [0, 0.05) is 12.8 Å². The van der Waals surface area contributed by atoms with Gasteiger partial charge in [-0.2, -0.15) is 0 Å². The SMILES string of the molecule is CCCCC/C=C\C/C=C\C/C=C\CCCCCCC(=O)OC[C@H](COP(=O)(O)OC[C@H](N)C(=O)O)OC(=O)CCCCCCCCCCCCCCCC. The van der Waals surface area contributed by atoms with Crippen LogP contribution in [0.2, 0.25) is 0 Å². The largest absolute Gasteiger partial charge is 0.480 e. The number of ether oxygens (including phenoxy) is 2. The molecule has 0 aliphatic carbocycles. The average Bonchev–Trinajstić information content (AvgIpc) is 3.16. The second-order valence-corrected chi connectivity index (χ2v) is 15.9. The van der Waals surface area contributed by atoms with Crippen LogP contribution in [0.5, 0.6) is 0 Å². The number of carboxylic acids is 1. The number of hydrogen-bond acceptors (Lipinski definition) is 9. The maximum atomic E-state index is 12.6. The van der Waals surface area contributed by atoms with Crippen LogP contribution < -0.4 is 5.73 Å². The van der Waals surface area contributed by atoms with Crippen LogP contribution in [0.25, 0.3) is 0 Å². The van der Waals surface area contributed by atoms with Crippen LogP contribution in [0.1, 0.15) is 187 Å². The fraction of sp³-hybridized carbons (Fsp3) is 0.791. The lowest BCUT2D eigenvalue weighted by Crippen LogP contribution is -2.34. The quantitative estimate of drug-likeness (QED) is 0.0233. The van der Waals surface area contributed by atoms with Crippen molar-refractivity contribution in [2.75, 3.05) is 19.8 Å². The number of unbranched alkanes of at least 4 members (excludes halogenated alkanes) is 20. The van der Waals surface area contributed by atoms with Gasteiger partial charge in [0.15, 0.2) is 6.10 Å². The van der Waals surface area contributed by atoms with Gasteiger partial charge < -0.3 is 25.2 Å². The van der Waals surface area contributed by atoms with E-state index in [1.54, 1.807) is 0 Å². The van der Waals surface area contributed by atoms with Crippen LogP contribution in [0, 0.1) is 0 Å². The van der Waals surface area contributed by atoms with E-state index in [0.717, 1.165) is 57.8 Å². The van der Waals surface area contributed by atoms with Crippen LogP contribution in [0.15, 0.2) is 36.5 Å². The summed E-state index contributed by atoms with van der Waals surface area (Å²) in [5, 5.41) is 8.88. The molecule has 0 saturated carbocycles. The van der Waals surface area contributed by atoms with Gasteiger partial charge in [-0.3, -0.25) is 23.4 Å². The maximum absolute atomic E-state index is 12.6. The monoisotopic (exact) mass is 800 g/mol. The number of carbonyl (C=O) groups is 3. The average molecular weight is 800 g/mol. The molecule has 0 aliphatic heterocycles. The summed E-state index contributed by atoms with van der Waals surface area (Å²) in [5.41, 5.74) is 5.33. The van der Waals surface area contributed by atoms with Crippen molar-refractivity contribution in [3.8, 4) is 0 Å². The van der Waals surface area contributed by atoms with E-state index in [9.17, 15) is 23.8 Å². The van der Waals surface area contributed by atoms with Gasteiger partial charge in [0.2, 0.25) is 0 Å². The Kier molecular flexibility index (Phi) is 37.0. The Bertz CT molecular complexity index is 1080. The summed E-state index contributed by atoms with van der Waals surface area (Å²) < 4.78 is 32.7. The van der Waals surface area contributed by atoms with Crippen LogP contribution in [-0.4, -0.2) is 59.9 Å². The van der Waals surface area contributed by atoms with E-state index < -0.39 is 51.1 Å². The Morgan fingerprint density at radius 1 is 0.564 bits per heavy atom. The zero-order valence-corrected chi connectivity index (χ0v) is 35.4. The summed E-state index contributed by atoms with van der Waals surface area (Å²) >= 11 is 0. The lowest BCUT2D eigenvalue weighted by molar-refractivity contribution is -0.161. The van der Waals surface area contributed by atoms with E-state index >= 15 is 0 Å². The molecule has 12 heteroatoms. The fourth-order valence-corrected chi connectivity index (χ4v) is 6.50. The van der Waals surface area contributed by atoms with Crippen molar-refractivity contribution in [1.82, 2.24) is 0 Å². The Labute approximate surface area is 333 Å². The minimum atomic E-state index is -4.72. The first-order valence-corrected chi connectivity index (χ1v) is 23.0. The van der Waals surface area contributed by atoms with Crippen molar-refractivity contribution < 1.29 is 47.5 Å². The predicted octanol–water partition coefficient (Wildman–Crippen LogP) is 11.2. The molecule has 0 aliphatic rings. The molecule has 0 rings (SSSR count). The summed E-state index contributed by atoms with van der Waals surface area (Å²) in [6, 6.07) is -1.52. The number of nitrogens with two attached hydrogens (primary N) is 1. The molecular weight excluding hydrogens is 721 g/mol. The molecule has 0 fully saturated rings. The smallest absolute Gasteiger partial charge is 0.472 e. The zero-order valence-electron chi connectivity index (χ0n) is 34.5. The molecule has 0 spiro atoms. The molecule has 11 nitrogen and oxygen atoms in total. The third kappa shape index (κ3) is 38.4. The first-order valence-electron chi connectivity index (χ1n) is 21.5. The van der Waals surface area contributed by atoms with E-state index in [-0.39, 0.29) is 19.4 Å². The highest BCUT2D eigenvalue weighted by Gasteiger charge is 2.28. The summed E-state index contributed by atoms with van der Waals surface area (Å²) in [6.07, 6.45) is 40.6. The highest BCUT2D eigenvalue weighted by molar-refractivity contribution is 7.47. The van der Waals surface area contributed by atoms with Crippen LogP contribution >= 0.6 is 7.82 Å². The summed E-state index contributed by atoms with van der Waals surface area (Å²) in [5.74, 6) is -2.40. The van der Waals surface area contributed by atoms with E-state index in [2.05, 4.69) is 54.8 Å². The number of allylic oxidation sites excluding steroid dienone is 6. The lowest BCUT2D eigenvalue weighted by atomic mass is 10.0. The lowest BCUT2D eigenvalue weighted by Gasteiger charge is -2.20. The number of aliphatic carboxylic acids is 1. The van der Waals surface area contributed by atoms with E-state index in [1.165, 1.54) is 89.9 Å². The van der Waals surface area contributed by atoms with Crippen molar-refractivity contribution in [3.05, 3.63) is 36.5 Å². The molecule has 0 heterocycles. The normalized spacial score (nSPS) is 14.1. The third-order valence-corrected chi connectivity index (χ3v) is 10.1. The zero-order chi connectivity index (χ0) is 40.7. The highest BCUT2D eigenvalue weighted by atomic mass is 31.2. The van der Waals surface area contributed by atoms with E-state index in [1.807, 2.05) is 0 Å². The maximum Gasteiger partial charge on any atom is 0.472 e. The van der Waals surface area contributed by atoms with Crippen LogP contribution in [0.4, 0.5) is 0 Å². The Hall–Kier alpha value is -2.30. The van der Waals surface area contributed by atoms with Gasteiger partial charge in [-0.25, -0.2) is 4.57 Å². The van der Waals surface area contributed by atoms with Gasteiger partial charge in [-0.1, -0.05) is 159 Å². The first kappa shape index (κ1) is 52.7. The van der Waals surface area contributed by atoms with Gasteiger partial charge in [0.1, 0.15) is 12.6 Å². The molecule has 320 valence electrons. The van der Waals surface area contributed by atoms with Crippen molar-refractivity contribution in [2.24, 2.45) is 5.73 Å². The molecule has 1 unspecified atom stereocenters. The number of carbonyl (C=O) groups excluding carboxylic acids is 2. The number of rotatable bonds is 40. The number of esters is 2. The van der Waals surface area contributed by atoms with Gasteiger partial charge in [0.25, 0.3) is 0 Å². The topological polar surface area (TPSA) is 172 Å². The highest BCUT2D eigenvalue weighted by Crippen LogP contribution is 2.43. The Morgan fingerprint density at radius 2 is 0.964 bits per heavy atom. The number of phosphoric ester groups is 1. The Balaban J connectivity index is 4.40. The number of phosphoric acid groups is 1.